The van der Waals surface area contributed by atoms with Crippen molar-refractivity contribution in [1.82, 2.24) is 40.4 Å². The maximum atomic E-state index is 13.7. The highest BCUT2D eigenvalue weighted by Gasteiger charge is 2.41. The molecule has 6 atom stereocenters. The number of carbonyl (C=O) groups excluding carboxylic acids is 4. The van der Waals surface area contributed by atoms with Gasteiger partial charge in [-0.15, -0.1) is 11.3 Å². The topological polar surface area (TPSA) is 175 Å². The first kappa shape index (κ1) is 41.5. The lowest BCUT2D eigenvalue weighted by Gasteiger charge is -2.30. The van der Waals surface area contributed by atoms with Crippen LogP contribution in [0.4, 0.5) is 9.59 Å². The number of fused-ring (bicyclic) bond motifs is 2. The molecule has 4 amide bonds. The Bertz CT molecular complexity index is 2330. The van der Waals surface area contributed by atoms with E-state index in [1.165, 1.54) is 14.2 Å². The molecule has 0 bridgehead atoms. The minimum atomic E-state index is -0.698. The Morgan fingerprint density at radius 1 is 0.729 bits per heavy atom. The molecule has 5 aromatic rings. The van der Waals surface area contributed by atoms with Crippen LogP contribution in [0.25, 0.3) is 44.0 Å². The van der Waals surface area contributed by atoms with Crippen molar-refractivity contribution < 1.29 is 28.7 Å². The molecule has 0 unspecified atom stereocenters. The summed E-state index contributed by atoms with van der Waals surface area (Å²) >= 11 is 1.61. The van der Waals surface area contributed by atoms with E-state index in [1.54, 1.807) is 11.3 Å². The Morgan fingerprint density at radius 2 is 1.24 bits per heavy atom. The minimum absolute atomic E-state index is 0.106. The van der Waals surface area contributed by atoms with E-state index in [1.807, 2.05) is 49.6 Å². The summed E-state index contributed by atoms with van der Waals surface area (Å²) in [6.45, 7) is 13.1. The predicted octanol–water partition coefficient (Wildman–Crippen LogP) is 7.92. The molecule has 7 rings (SSSR count). The van der Waals surface area contributed by atoms with Gasteiger partial charge in [-0.2, -0.15) is 0 Å². The second-order valence-corrected chi connectivity index (χ2v) is 17.7. The normalized spacial score (nSPS) is 20.6. The Hall–Kier alpha value is -5.70. The van der Waals surface area contributed by atoms with E-state index in [4.69, 9.17) is 19.4 Å². The fourth-order valence-electron chi connectivity index (χ4n) is 8.24. The molecule has 2 fully saturated rings. The summed E-state index contributed by atoms with van der Waals surface area (Å²) in [5.74, 6) is 1.59. The molecule has 0 spiro atoms. The lowest BCUT2D eigenvalue weighted by molar-refractivity contribution is -0.136. The average molecular weight is 823 g/mol. The molecule has 0 saturated carbocycles. The minimum Gasteiger partial charge on any atom is -0.453 e. The van der Waals surface area contributed by atoms with E-state index in [0.29, 0.717) is 19.0 Å². The molecule has 5 heterocycles. The van der Waals surface area contributed by atoms with Crippen molar-refractivity contribution in [3.63, 3.8) is 0 Å². The van der Waals surface area contributed by atoms with Crippen molar-refractivity contribution in [3.05, 3.63) is 71.3 Å². The Kier molecular flexibility index (Phi) is 12.1. The van der Waals surface area contributed by atoms with Gasteiger partial charge >= 0.3 is 12.2 Å². The number of alkyl carbamates (subject to hydrolysis) is 2. The zero-order chi connectivity index (χ0) is 42.1. The fraction of sp³-hybridized carbons (Fsp3) is 0.455. The third-order valence-corrected chi connectivity index (χ3v) is 12.5. The van der Waals surface area contributed by atoms with Crippen molar-refractivity contribution in [2.75, 3.05) is 27.3 Å². The van der Waals surface area contributed by atoms with E-state index in [-0.39, 0.29) is 41.7 Å². The van der Waals surface area contributed by atoms with Crippen molar-refractivity contribution in [2.24, 2.45) is 23.7 Å². The second kappa shape index (κ2) is 17.3. The summed E-state index contributed by atoms with van der Waals surface area (Å²) in [6, 6.07) is 14.8. The molecular weight excluding hydrogens is 769 g/mol. The SMILES string of the molecule is COC(=O)N[C@H](C(=O)N1C[C@@H](C)C[C@H]1c1nc2ccc(/C=C/c3ccc(-c4cc5[nH]c([C@@H]6C[C@H](C)CN6C(=O)[C@H](NC(=O)OC)C(C)C)nc5s4)cc3)cc2[nH]1)C(C)C. The number of thiophene rings is 1. The molecule has 2 aromatic carbocycles. The van der Waals surface area contributed by atoms with E-state index in [0.717, 1.165) is 67.4 Å². The number of hydrogen-bond donors (Lipinski definition) is 4. The van der Waals surface area contributed by atoms with E-state index >= 15 is 0 Å². The summed E-state index contributed by atoms with van der Waals surface area (Å²) in [5.41, 5.74) is 5.79. The van der Waals surface area contributed by atoms with Crippen LogP contribution in [0.5, 0.6) is 0 Å². The molecule has 2 aliphatic rings. The predicted molar refractivity (Wildman–Crippen MR) is 229 cm³/mol. The number of hydrogen-bond acceptors (Lipinski definition) is 9. The molecular formula is C44H54N8O6S. The Labute approximate surface area is 348 Å². The second-order valence-electron chi connectivity index (χ2n) is 16.7. The molecule has 2 saturated heterocycles. The highest BCUT2D eigenvalue weighted by atomic mass is 32.1. The van der Waals surface area contributed by atoms with Crippen LogP contribution in [-0.2, 0) is 19.1 Å². The fourth-order valence-corrected chi connectivity index (χ4v) is 9.25. The van der Waals surface area contributed by atoms with Crippen LogP contribution in [0.3, 0.4) is 0 Å². The number of nitrogens with zero attached hydrogens (tertiary/aromatic N) is 4. The van der Waals surface area contributed by atoms with Crippen LogP contribution < -0.4 is 10.6 Å². The van der Waals surface area contributed by atoms with Gasteiger partial charge in [0.1, 0.15) is 28.6 Å². The zero-order valence-electron chi connectivity index (χ0n) is 34.9. The van der Waals surface area contributed by atoms with Gasteiger partial charge in [-0.1, -0.05) is 84.0 Å². The Balaban J connectivity index is 1.02. The third-order valence-electron chi connectivity index (χ3n) is 11.4. The van der Waals surface area contributed by atoms with Crippen molar-refractivity contribution in [1.29, 1.82) is 0 Å². The number of aromatic amines is 2. The van der Waals surface area contributed by atoms with Gasteiger partial charge in [0.05, 0.1) is 42.9 Å². The molecule has 3 aromatic heterocycles. The van der Waals surface area contributed by atoms with Crippen LogP contribution in [0.2, 0.25) is 0 Å². The average Bonchev–Trinajstić information content (AvgIpc) is 4.05. The molecule has 2 aliphatic heterocycles. The lowest BCUT2D eigenvalue weighted by atomic mass is 10.0. The molecule has 0 aliphatic carbocycles. The van der Waals surface area contributed by atoms with E-state index in [2.05, 4.69) is 83.0 Å². The van der Waals surface area contributed by atoms with Gasteiger partial charge in [0.25, 0.3) is 0 Å². The zero-order valence-corrected chi connectivity index (χ0v) is 35.7. The number of amides is 4. The van der Waals surface area contributed by atoms with E-state index in [9.17, 15) is 19.2 Å². The number of nitrogens with one attached hydrogen (secondary N) is 4. The quantitative estimate of drug-likeness (QED) is 0.0973. The summed E-state index contributed by atoms with van der Waals surface area (Å²) in [5, 5.41) is 5.44. The first-order valence-electron chi connectivity index (χ1n) is 20.3. The highest BCUT2D eigenvalue weighted by Crippen LogP contribution is 2.39. The van der Waals surface area contributed by atoms with Gasteiger partial charge < -0.3 is 39.9 Å². The number of benzene rings is 2. The summed E-state index contributed by atoms with van der Waals surface area (Å²) in [7, 11) is 2.59. The van der Waals surface area contributed by atoms with Crippen LogP contribution in [-0.4, -0.2) is 93.1 Å². The molecule has 0 radical (unpaired) electrons. The van der Waals surface area contributed by atoms with Gasteiger partial charge in [0.2, 0.25) is 11.8 Å². The lowest BCUT2D eigenvalue weighted by Crippen LogP contribution is -2.51. The summed E-state index contributed by atoms with van der Waals surface area (Å²) in [6.07, 6.45) is 4.46. The Morgan fingerprint density at radius 3 is 1.76 bits per heavy atom. The van der Waals surface area contributed by atoms with Gasteiger partial charge in [0.15, 0.2) is 0 Å². The molecule has 15 heteroatoms. The van der Waals surface area contributed by atoms with Crippen molar-refractivity contribution in [2.45, 2.75) is 78.6 Å². The molecule has 4 N–H and O–H groups in total. The van der Waals surface area contributed by atoms with Crippen molar-refractivity contribution >= 4 is 68.9 Å². The van der Waals surface area contributed by atoms with Crippen LogP contribution in [0, 0.1) is 23.7 Å². The smallest absolute Gasteiger partial charge is 0.407 e. The molecule has 14 nitrogen and oxygen atoms in total. The first-order valence-corrected chi connectivity index (χ1v) is 21.1. The monoisotopic (exact) mass is 822 g/mol. The third kappa shape index (κ3) is 8.85. The number of rotatable bonds is 11. The maximum absolute atomic E-state index is 13.7. The molecule has 312 valence electrons. The van der Waals surface area contributed by atoms with E-state index < -0.39 is 24.3 Å². The summed E-state index contributed by atoms with van der Waals surface area (Å²) < 4.78 is 9.57. The number of H-pyrrole nitrogens is 2. The number of carbonyl (C=O) groups is 4. The standard InChI is InChI=1S/C44H54N8O6S/c1-23(2)36(48-43(55)57-7)41(53)51-21-25(5)17-33(51)38-45-30-16-13-28(19-31(30)46-38)10-9-27-11-14-29(15-12-27)35-20-32-40(59-35)50-39(47-32)34-18-26(6)22-52(34)42(54)37(24(3)4)49-44(56)58-8/h9-16,19-20,23-26,33-34,36-37H,17-18,21-22H2,1-8H3,(H,45,46)(H,47,50)(H,48,55)(H,49,56)/b10-9+/t25-,26-,33-,34-,36-,37+/m0/s1. The number of aromatic nitrogens is 4. The van der Waals surface area contributed by atoms with Crippen LogP contribution in [0.1, 0.15) is 89.2 Å². The van der Waals surface area contributed by atoms with Gasteiger partial charge in [-0.05, 0) is 71.4 Å². The number of likely N-dealkylation sites (tertiary alicyclic amines) is 2. The van der Waals surface area contributed by atoms with Crippen LogP contribution in [0.15, 0.2) is 48.5 Å². The van der Waals surface area contributed by atoms with Gasteiger partial charge in [-0.3, -0.25) is 9.59 Å². The summed E-state index contributed by atoms with van der Waals surface area (Å²) in [4.78, 5) is 74.0. The highest BCUT2D eigenvalue weighted by molar-refractivity contribution is 7.21. The maximum Gasteiger partial charge on any atom is 0.407 e. The van der Waals surface area contributed by atoms with Gasteiger partial charge in [0, 0.05) is 18.0 Å². The number of imidazole rings is 2. The first-order chi connectivity index (χ1) is 28.2. The van der Waals surface area contributed by atoms with Gasteiger partial charge in [-0.25, -0.2) is 19.6 Å². The number of ether oxygens (including phenoxy) is 2. The largest absolute Gasteiger partial charge is 0.453 e. The van der Waals surface area contributed by atoms with Crippen molar-refractivity contribution in [3.8, 4) is 10.4 Å². The molecule has 59 heavy (non-hydrogen) atoms. The van der Waals surface area contributed by atoms with Crippen LogP contribution >= 0.6 is 11.3 Å². The number of methoxy groups -OCH3 is 2.